The molecular formula is C15H9ClN2O3. The molecule has 0 unspecified atom stereocenters. The summed E-state index contributed by atoms with van der Waals surface area (Å²) < 4.78 is 5.70. The molecule has 1 N–H and O–H groups in total. The molecule has 21 heavy (non-hydrogen) atoms. The molecule has 0 saturated carbocycles. The van der Waals surface area contributed by atoms with E-state index in [0.29, 0.717) is 16.3 Å². The van der Waals surface area contributed by atoms with Crippen molar-refractivity contribution in [3.63, 3.8) is 0 Å². The zero-order valence-electron chi connectivity index (χ0n) is 10.7. The number of hydrogen-bond donors (Lipinski definition) is 1. The van der Waals surface area contributed by atoms with Gasteiger partial charge < -0.3 is 9.84 Å². The van der Waals surface area contributed by atoms with Crippen molar-refractivity contribution < 1.29 is 14.6 Å². The van der Waals surface area contributed by atoms with Gasteiger partial charge in [-0.2, -0.15) is 0 Å². The average Bonchev–Trinajstić information content (AvgIpc) is 2.47. The van der Waals surface area contributed by atoms with Crippen LogP contribution >= 0.6 is 11.6 Å². The molecule has 0 aliphatic heterocycles. The van der Waals surface area contributed by atoms with Crippen molar-refractivity contribution in [1.82, 2.24) is 9.97 Å². The molecule has 104 valence electrons. The van der Waals surface area contributed by atoms with E-state index in [1.54, 1.807) is 30.5 Å². The van der Waals surface area contributed by atoms with Gasteiger partial charge in [0.2, 0.25) is 0 Å². The lowest BCUT2D eigenvalue weighted by Gasteiger charge is -2.10. The van der Waals surface area contributed by atoms with Gasteiger partial charge in [-0.1, -0.05) is 11.6 Å². The Hall–Kier alpha value is -2.66. The molecule has 3 rings (SSSR count). The summed E-state index contributed by atoms with van der Waals surface area (Å²) >= 11 is 5.93. The minimum atomic E-state index is -1.08. The Morgan fingerprint density at radius 2 is 2.00 bits per heavy atom. The molecule has 5 nitrogen and oxygen atoms in total. The molecule has 0 aliphatic carbocycles. The van der Waals surface area contributed by atoms with Crippen molar-refractivity contribution in [2.24, 2.45) is 0 Å². The number of ether oxygens (including phenoxy) is 1. The van der Waals surface area contributed by atoms with Crippen LogP contribution in [-0.4, -0.2) is 21.0 Å². The van der Waals surface area contributed by atoms with E-state index in [1.807, 2.05) is 0 Å². The highest BCUT2D eigenvalue weighted by Crippen LogP contribution is 2.31. The molecule has 0 saturated heterocycles. The van der Waals surface area contributed by atoms with Crippen LogP contribution in [0.2, 0.25) is 5.02 Å². The predicted octanol–water partition coefficient (Wildman–Crippen LogP) is 3.77. The number of aromatic carboxylic acids is 1. The first-order chi connectivity index (χ1) is 10.1. The van der Waals surface area contributed by atoms with Crippen LogP contribution in [0.25, 0.3) is 10.9 Å². The van der Waals surface area contributed by atoms with Gasteiger partial charge in [0.25, 0.3) is 0 Å². The smallest absolute Gasteiger partial charge is 0.339 e. The second kappa shape index (κ2) is 5.38. The van der Waals surface area contributed by atoms with E-state index in [2.05, 4.69) is 9.97 Å². The molecule has 0 bridgehead atoms. The standard InChI is InChI=1S/C15H9ClN2O3/c16-9-1-2-10-12(7-9)18-6-4-13(10)21-14-8-17-5-3-11(14)15(19)20/h1-8H,(H,19,20). The number of pyridine rings is 2. The second-order valence-corrected chi connectivity index (χ2v) is 4.69. The van der Waals surface area contributed by atoms with Gasteiger partial charge in [0, 0.05) is 22.8 Å². The third-order valence-electron chi connectivity index (χ3n) is 2.90. The number of hydrogen-bond acceptors (Lipinski definition) is 4. The van der Waals surface area contributed by atoms with E-state index >= 15 is 0 Å². The largest absolute Gasteiger partial charge is 0.478 e. The van der Waals surface area contributed by atoms with Crippen molar-refractivity contribution in [2.75, 3.05) is 0 Å². The van der Waals surface area contributed by atoms with E-state index in [1.165, 1.54) is 18.5 Å². The number of aromatic nitrogens is 2. The molecule has 6 heteroatoms. The number of rotatable bonds is 3. The molecule has 1 aromatic carbocycles. The summed E-state index contributed by atoms with van der Waals surface area (Å²) in [6.45, 7) is 0. The SMILES string of the molecule is O=C(O)c1ccncc1Oc1ccnc2cc(Cl)ccc12. The Balaban J connectivity index is 2.09. The van der Waals surface area contributed by atoms with Gasteiger partial charge >= 0.3 is 5.97 Å². The van der Waals surface area contributed by atoms with Crippen LogP contribution in [0, 0.1) is 0 Å². The van der Waals surface area contributed by atoms with Gasteiger partial charge in [0.15, 0.2) is 5.75 Å². The van der Waals surface area contributed by atoms with Crippen molar-refractivity contribution in [1.29, 1.82) is 0 Å². The molecule has 2 aromatic heterocycles. The third-order valence-corrected chi connectivity index (χ3v) is 3.13. The summed E-state index contributed by atoms with van der Waals surface area (Å²) in [6.07, 6.45) is 4.34. The summed E-state index contributed by atoms with van der Waals surface area (Å²) in [7, 11) is 0. The van der Waals surface area contributed by atoms with Gasteiger partial charge in [-0.3, -0.25) is 9.97 Å². The molecule has 0 atom stereocenters. The van der Waals surface area contributed by atoms with Gasteiger partial charge in [0.05, 0.1) is 11.7 Å². The number of carbonyl (C=O) groups is 1. The molecular weight excluding hydrogens is 292 g/mol. The molecule has 0 fully saturated rings. The zero-order valence-corrected chi connectivity index (χ0v) is 11.4. The van der Waals surface area contributed by atoms with E-state index < -0.39 is 5.97 Å². The van der Waals surface area contributed by atoms with E-state index in [4.69, 9.17) is 21.4 Å². The first-order valence-corrected chi connectivity index (χ1v) is 6.42. The predicted molar refractivity (Wildman–Crippen MR) is 78.0 cm³/mol. The van der Waals surface area contributed by atoms with Gasteiger partial charge in [-0.25, -0.2) is 4.79 Å². The van der Waals surface area contributed by atoms with Crippen molar-refractivity contribution in [3.8, 4) is 11.5 Å². The fourth-order valence-corrected chi connectivity index (χ4v) is 2.11. The van der Waals surface area contributed by atoms with Crippen molar-refractivity contribution in [2.45, 2.75) is 0 Å². The highest BCUT2D eigenvalue weighted by molar-refractivity contribution is 6.31. The normalized spacial score (nSPS) is 10.5. The quantitative estimate of drug-likeness (QED) is 0.797. The lowest BCUT2D eigenvalue weighted by Crippen LogP contribution is -2.00. The van der Waals surface area contributed by atoms with E-state index in [-0.39, 0.29) is 11.3 Å². The molecule has 0 spiro atoms. The van der Waals surface area contributed by atoms with E-state index in [0.717, 1.165) is 5.39 Å². The van der Waals surface area contributed by atoms with Crippen LogP contribution in [0.4, 0.5) is 0 Å². The highest BCUT2D eigenvalue weighted by Gasteiger charge is 2.13. The fraction of sp³-hybridized carbons (Fsp3) is 0. The number of halogens is 1. The Kier molecular flexibility index (Phi) is 3.41. The average molecular weight is 301 g/mol. The lowest BCUT2D eigenvalue weighted by molar-refractivity contribution is 0.0694. The lowest BCUT2D eigenvalue weighted by atomic mass is 10.2. The molecule has 3 aromatic rings. The van der Waals surface area contributed by atoms with Crippen LogP contribution in [0.15, 0.2) is 48.9 Å². The van der Waals surface area contributed by atoms with Crippen LogP contribution in [0.5, 0.6) is 11.5 Å². The van der Waals surface area contributed by atoms with Gasteiger partial charge in [0.1, 0.15) is 11.3 Å². The summed E-state index contributed by atoms with van der Waals surface area (Å²) in [5, 5.41) is 10.5. The van der Waals surface area contributed by atoms with Gasteiger partial charge in [-0.05, 0) is 30.3 Å². The van der Waals surface area contributed by atoms with Crippen LogP contribution < -0.4 is 4.74 Å². The second-order valence-electron chi connectivity index (χ2n) is 4.25. The Morgan fingerprint density at radius 1 is 1.14 bits per heavy atom. The fourth-order valence-electron chi connectivity index (χ4n) is 1.94. The van der Waals surface area contributed by atoms with Crippen LogP contribution in [0.3, 0.4) is 0 Å². The number of carboxylic acid groups (broad SMARTS) is 1. The maximum atomic E-state index is 11.2. The van der Waals surface area contributed by atoms with Crippen molar-refractivity contribution in [3.05, 3.63) is 59.5 Å². The number of nitrogens with zero attached hydrogens (tertiary/aromatic N) is 2. The Labute approximate surface area is 124 Å². The molecule has 0 amide bonds. The summed E-state index contributed by atoms with van der Waals surface area (Å²) in [4.78, 5) is 19.3. The van der Waals surface area contributed by atoms with Gasteiger partial charge in [-0.15, -0.1) is 0 Å². The van der Waals surface area contributed by atoms with E-state index in [9.17, 15) is 4.79 Å². The number of fused-ring (bicyclic) bond motifs is 1. The van der Waals surface area contributed by atoms with Crippen LogP contribution in [0.1, 0.15) is 10.4 Å². The van der Waals surface area contributed by atoms with Crippen molar-refractivity contribution >= 4 is 28.5 Å². The first kappa shape index (κ1) is 13.3. The topological polar surface area (TPSA) is 72.3 Å². The Bertz CT molecular complexity index is 836. The third kappa shape index (κ3) is 2.64. The summed E-state index contributed by atoms with van der Waals surface area (Å²) in [5.74, 6) is -0.409. The molecule has 2 heterocycles. The zero-order chi connectivity index (χ0) is 14.8. The summed E-state index contributed by atoms with van der Waals surface area (Å²) in [6, 6.07) is 8.26. The van der Waals surface area contributed by atoms with Crippen LogP contribution in [-0.2, 0) is 0 Å². The minimum absolute atomic E-state index is 0.0453. The molecule has 0 aliphatic rings. The minimum Gasteiger partial charge on any atom is -0.478 e. The summed E-state index contributed by atoms with van der Waals surface area (Å²) in [5.41, 5.74) is 0.713. The maximum absolute atomic E-state index is 11.2. The monoisotopic (exact) mass is 300 g/mol. The Morgan fingerprint density at radius 3 is 2.81 bits per heavy atom. The maximum Gasteiger partial charge on any atom is 0.339 e. The first-order valence-electron chi connectivity index (χ1n) is 6.04. The number of benzene rings is 1. The highest BCUT2D eigenvalue weighted by atomic mass is 35.5. The molecule has 0 radical (unpaired) electrons. The number of carboxylic acids is 1.